The molecule has 0 spiro atoms. The van der Waals surface area contributed by atoms with E-state index in [0.717, 1.165) is 11.3 Å². The lowest BCUT2D eigenvalue weighted by Crippen LogP contribution is -2.05. The molecule has 3 nitrogen and oxygen atoms in total. The molecule has 0 aliphatic carbocycles. The summed E-state index contributed by atoms with van der Waals surface area (Å²) in [5.74, 6) is -0.0880. The van der Waals surface area contributed by atoms with Gasteiger partial charge in [-0.15, -0.1) is 6.58 Å². The third-order valence-electron chi connectivity index (χ3n) is 2.66. The molecule has 1 N–H and O–H groups in total. The first-order chi connectivity index (χ1) is 8.65. The van der Waals surface area contributed by atoms with Crippen molar-refractivity contribution >= 4 is 5.97 Å². The quantitative estimate of drug-likeness (QED) is 0.592. The summed E-state index contributed by atoms with van der Waals surface area (Å²) in [5, 5.41) is 8.96. The van der Waals surface area contributed by atoms with Gasteiger partial charge in [0.15, 0.2) is 0 Å². The highest BCUT2D eigenvalue weighted by Crippen LogP contribution is 2.16. The van der Waals surface area contributed by atoms with Crippen LogP contribution in [0.2, 0.25) is 0 Å². The van der Waals surface area contributed by atoms with Crippen LogP contribution in [0.15, 0.2) is 54.1 Å². The van der Waals surface area contributed by atoms with Crippen LogP contribution in [0.4, 0.5) is 0 Å². The van der Waals surface area contributed by atoms with E-state index in [-0.39, 0.29) is 0 Å². The van der Waals surface area contributed by atoms with E-state index >= 15 is 0 Å². The van der Waals surface area contributed by atoms with Crippen LogP contribution in [0.1, 0.15) is 19.8 Å². The second-order valence-corrected chi connectivity index (χ2v) is 3.94. The zero-order valence-corrected chi connectivity index (χ0v) is 10.6. The van der Waals surface area contributed by atoms with E-state index < -0.39 is 5.97 Å². The van der Waals surface area contributed by atoms with E-state index in [0.29, 0.717) is 25.0 Å². The molecule has 0 atom stereocenters. The first-order valence-corrected chi connectivity index (χ1v) is 5.85. The molecule has 96 valence electrons. The minimum absolute atomic E-state index is 0.381. The summed E-state index contributed by atoms with van der Waals surface area (Å²) in [6, 6.07) is 9.48. The van der Waals surface area contributed by atoms with Crippen molar-refractivity contribution in [1.82, 2.24) is 0 Å². The number of para-hydroxylation sites is 1. The van der Waals surface area contributed by atoms with Crippen molar-refractivity contribution in [3.8, 4) is 5.75 Å². The van der Waals surface area contributed by atoms with Gasteiger partial charge < -0.3 is 9.84 Å². The number of aliphatic carboxylic acids is 1. The fourth-order valence-electron chi connectivity index (χ4n) is 1.58. The molecule has 0 aliphatic heterocycles. The molecule has 3 heteroatoms. The first kappa shape index (κ1) is 14.0. The summed E-state index contributed by atoms with van der Waals surface area (Å²) < 4.78 is 5.55. The highest BCUT2D eigenvalue weighted by Gasteiger charge is 2.08. The van der Waals surface area contributed by atoms with Gasteiger partial charge in [-0.05, 0) is 25.5 Å². The Labute approximate surface area is 107 Å². The highest BCUT2D eigenvalue weighted by molar-refractivity contribution is 5.86. The summed E-state index contributed by atoms with van der Waals surface area (Å²) in [6.07, 6.45) is 2.89. The van der Waals surface area contributed by atoms with E-state index in [9.17, 15) is 4.79 Å². The molecule has 1 aromatic rings. The number of hydrogen-bond donors (Lipinski definition) is 1. The van der Waals surface area contributed by atoms with Crippen LogP contribution in [-0.2, 0) is 4.79 Å². The number of allylic oxidation sites excluding steroid dienone is 1. The molecule has 0 heterocycles. The third-order valence-corrected chi connectivity index (χ3v) is 2.66. The van der Waals surface area contributed by atoms with Crippen LogP contribution in [-0.4, -0.2) is 17.7 Å². The minimum Gasteiger partial charge on any atom is -0.493 e. The number of carboxylic acids is 1. The van der Waals surface area contributed by atoms with Gasteiger partial charge in [0.05, 0.1) is 6.61 Å². The third kappa shape index (κ3) is 4.45. The molecule has 0 unspecified atom stereocenters. The van der Waals surface area contributed by atoms with Crippen LogP contribution in [0.25, 0.3) is 0 Å². The molecule has 0 saturated carbocycles. The Hall–Kier alpha value is -2.03. The number of benzene rings is 1. The van der Waals surface area contributed by atoms with Gasteiger partial charge in [0, 0.05) is 12.0 Å². The van der Waals surface area contributed by atoms with Crippen LogP contribution in [0.3, 0.4) is 0 Å². The van der Waals surface area contributed by atoms with E-state index in [1.165, 1.54) is 0 Å². The van der Waals surface area contributed by atoms with Gasteiger partial charge in [0.2, 0.25) is 0 Å². The van der Waals surface area contributed by atoms with E-state index in [1.807, 2.05) is 30.3 Å². The van der Waals surface area contributed by atoms with Crippen molar-refractivity contribution in [2.24, 2.45) is 0 Å². The number of carbonyl (C=O) groups is 1. The number of hydrogen-bond acceptors (Lipinski definition) is 2. The molecular weight excluding hydrogens is 228 g/mol. The van der Waals surface area contributed by atoms with E-state index in [1.54, 1.807) is 13.0 Å². The Morgan fingerprint density at radius 1 is 1.39 bits per heavy atom. The maximum absolute atomic E-state index is 10.9. The van der Waals surface area contributed by atoms with Crippen molar-refractivity contribution in [2.75, 3.05) is 6.61 Å². The molecule has 1 aromatic carbocycles. The summed E-state index contributed by atoms with van der Waals surface area (Å²) >= 11 is 0. The average molecular weight is 246 g/mol. The molecular formula is C15H18O3. The normalized spacial score (nSPS) is 11.6. The molecule has 18 heavy (non-hydrogen) atoms. The lowest BCUT2D eigenvalue weighted by Gasteiger charge is -2.09. The van der Waals surface area contributed by atoms with Crippen molar-refractivity contribution in [1.29, 1.82) is 0 Å². The molecule has 0 radical (unpaired) electrons. The Bertz CT molecular complexity index is 432. The van der Waals surface area contributed by atoms with Crippen LogP contribution in [0, 0.1) is 0 Å². The number of carboxylic acid groups (broad SMARTS) is 1. The SMILES string of the molecule is C=CCC(CCOc1ccccc1)=C(C)C(=O)O. The van der Waals surface area contributed by atoms with E-state index in [4.69, 9.17) is 9.84 Å². The number of rotatable bonds is 7. The fraction of sp³-hybridized carbons (Fsp3) is 0.267. The second kappa shape index (κ2) is 7.33. The monoisotopic (exact) mass is 246 g/mol. The van der Waals surface area contributed by atoms with Crippen molar-refractivity contribution < 1.29 is 14.6 Å². The highest BCUT2D eigenvalue weighted by atomic mass is 16.5. The molecule has 0 amide bonds. The summed E-state index contributed by atoms with van der Waals surface area (Å²) in [5.41, 5.74) is 1.24. The van der Waals surface area contributed by atoms with Crippen molar-refractivity contribution in [3.05, 3.63) is 54.1 Å². The molecule has 0 bridgehead atoms. The Morgan fingerprint density at radius 2 is 2.06 bits per heavy atom. The lowest BCUT2D eigenvalue weighted by atomic mass is 10.0. The smallest absolute Gasteiger partial charge is 0.331 e. The van der Waals surface area contributed by atoms with Gasteiger partial charge in [-0.2, -0.15) is 0 Å². The van der Waals surface area contributed by atoms with Crippen LogP contribution < -0.4 is 4.74 Å². The van der Waals surface area contributed by atoms with Crippen LogP contribution >= 0.6 is 0 Å². The Morgan fingerprint density at radius 3 is 2.61 bits per heavy atom. The van der Waals surface area contributed by atoms with Gasteiger partial charge in [0.1, 0.15) is 5.75 Å². The van der Waals surface area contributed by atoms with Crippen molar-refractivity contribution in [3.63, 3.8) is 0 Å². The maximum Gasteiger partial charge on any atom is 0.331 e. The molecule has 0 saturated heterocycles. The fourth-order valence-corrected chi connectivity index (χ4v) is 1.58. The minimum atomic E-state index is -0.883. The zero-order valence-electron chi connectivity index (χ0n) is 10.6. The average Bonchev–Trinajstić information content (AvgIpc) is 2.38. The van der Waals surface area contributed by atoms with Gasteiger partial charge in [0.25, 0.3) is 0 Å². The predicted octanol–water partition coefficient (Wildman–Crippen LogP) is 3.43. The Balaban J connectivity index is 2.56. The summed E-state index contributed by atoms with van der Waals surface area (Å²) in [4.78, 5) is 10.9. The molecule has 0 aromatic heterocycles. The Kier molecular flexibility index (Phi) is 5.71. The van der Waals surface area contributed by atoms with Gasteiger partial charge >= 0.3 is 5.97 Å². The molecule has 1 rings (SSSR count). The second-order valence-electron chi connectivity index (χ2n) is 3.94. The van der Waals surface area contributed by atoms with Gasteiger partial charge in [-0.3, -0.25) is 0 Å². The zero-order chi connectivity index (χ0) is 13.4. The number of ether oxygens (including phenoxy) is 1. The summed E-state index contributed by atoms with van der Waals surface area (Å²) in [7, 11) is 0. The maximum atomic E-state index is 10.9. The molecule has 0 aliphatic rings. The summed E-state index contributed by atoms with van der Waals surface area (Å²) in [6.45, 7) is 5.73. The predicted molar refractivity (Wildman–Crippen MR) is 71.7 cm³/mol. The van der Waals surface area contributed by atoms with Crippen LogP contribution in [0.5, 0.6) is 5.75 Å². The lowest BCUT2D eigenvalue weighted by molar-refractivity contribution is -0.132. The molecule has 0 fully saturated rings. The van der Waals surface area contributed by atoms with Gasteiger partial charge in [-0.1, -0.05) is 29.8 Å². The van der Waals surface area contributed by atoms with E-state index in [2.05, 4.69) is 6.58 Å². The standard InChI is InChI=1S/C15H18O3/c1-3-7-13(12(2)15(16)17)10-11-18-14-8-5-4-6-9-14/h3-6,8-9H,1,7,10-11H2,2H3,(H,16,17). The topological polar surface area (TPSA) is 46.5 Å². The van der Waals surface area contributed by atoms with Crippen molar-refractivity contribution in [2.45, 2.75) is 19.8 Å². The first-order valence-electron chi connectivity index (χ1n) is 5.85. The van der Waals surface area contributed by atoms with Gasteiger partial charge in [-0.25, -0.2) is 4.79 Å². The largest absolute Gasteiger partial charge is 0.493 e.